The number of hydrogen-bond donors (Lipinski definition) is 1. The maximum absolute atomic E-state index is 8.82. The first-order chi connectivity index (χ1) is 6.27. The van der Waals surface area contributed by atoms with E-state index in [1.165, 1.54) is 0 Å². The van der Waals surface area contributed by atoms with Crippen LogP contribution < -0.4 is 4.90 Å². The number of rotatable bonds is 4. The lowest BCUT2D eigenvalue weighted by Crippen LogP contribution is -2.18. The molecule has 0 unspecified atom stereocenters. The van der Waals surface area contributed by atoms with Gasteiger partial charge in [-0.05, 0) is 18.1 Å². The van der Waals surface area contributed by atoms with Crippen molar-refractivity contribution in [3.05, 3.63) is 23.9 Å². The standard InChI is InChI=1S/C10H16N2O/c1-3-6-12(2)10-5-4-9(8-13)7-11-10/h4-5,7,13H,3,6,8H2,1-2H3. The van der Waals surface area contributed by atoms with Crippen molar-refractivity contribution in [2.24, 2.45) is 0 Å². The second kappa shape index (κ2) is 4.82. The molecule has 0 radical (unpaired) electrons. The second-order valence-electron chi connectivity index (χ2n) is 3.10. The first kappa shape index (κ1) is 9.99. The summed E-state index contributed by atoms with van der Waals surface area (Å²) >= 11 is 0. The highest BCUT2D eigenvalue weighted by Crippen LogP contribution is 2.09. The van der Waals surface area contributed by atoms with Crippen molar-refractivity contribution in [1.82, 2.24) is 4.98 Å². The Hall–Kier alpha value is -1.09. The number of hydrogen-bond acceptors (Lipinski definition) is 3. The van der Waals surface area contributed by atoms with Crippen molar-refractivity contribution < 1.29 is 5.11 Å². The van der Waals surface area contributed by atoms with E-state index in [2.05, 4.69) is 16.8 Å². The Kier molecular flexibility index (Phi) is 3.71. The van der Waals surface area contributed by atoms with Gasteiger partial charge in [-0.2, -0.15) is 0 Å². The minimum absolute atomic E-state index is 0.0603. The van der Waals surface area contributed by atoms with Gasteiger partial charge in [-0.1, -0.05) is 13.0 Å². The number of pyridine rings is 1. The van der Waals surface area contributed by atoms with Gasteiger partial charge in [-0.3, -0.25) is 0 Å². The molecular weight excluding hydrogens is 164 g/mol. The molecule has 0 bridgehead atoms. The van der Waals surface area contributed by atoms with Crippen LogP contribution in [0.3, 0.4) is 0 Å². The van der Waals surface area contributed by atoms with Crippen molar-refractivity contribution >= 4 is 5.82 Å². The molecule has 0 aliphatic carbocycles. The molecule has 1 aromatic rings. The average molecular weight is 180 g/mol. The van der Waals surface area contributed by atoms with Crippen LogP contribution in [0.2, 0.25) is 0 Å². The molecular formula is C10H16N2O. The Bertz CT molecular complexity index is 246. The van der Waals surface area contributed by atoms with E-state index in [1.807, 2.05) is 19.2 Å². The van der Waals surface area contributed by atoms with Crippen LogP contribution in [-0.4, -0.2) is 23.7 Å². The SMILES string of the molecule is CCCN(C)c1ccc(CO)cn1. The van der Waals surface area contributed by atoms with Crippen LogP contribution in [0.15, 0.2) is 18.3 Å². The van der Waals surface area contributed by atoms with Crippen LogP contribution in [0.25, 0.3) is 0 Å². The largest absolute Gasteiger partial charge is 0.392 e. The van der Waals surface area contributed by atoms with Gasteiger partial charge in [-0.25, -0.2) is 4.98 Å². The molecule has 1 heterocycles. The van der Waals surface area contributed by atoms with Gasteiger partial charge in [-0.15, -0.1) is 0 Å². The summed E-state index contributed by atoms with van der Waals surface area (Å²) in [5.41, 5.74) is 0.855. The third-order valence-corrected chi connectivity index (χ3v) is 1.94. The summed E-state index contributed by atoms with van der Waals surface area (Å²) in [6.07, 6.45) is 2.82. The first-order valence-corrected chi connectivity index (χ1v) is 4.55. The van der Waals surface area contributed by atoms with Crippen LogP contribution in [0, 0.1) is 0 Å². The van der Waals surface area contributed by atoms with E-state index in [1.54, 1.807) is 6.20 Å². The maximum atomic E-state index is 8.82. The van der Waals surface area contributed by atoms with Gasteiger partial charge in [0.15, 0.2) is 0 Å². The zero-order valence-corrected chi connectivity index (χ0v) is 8.20. The molecule has 13 heavy (non-hydrogen) atoms. The lowest BCUT2D eigenvalue weighted by atomic mass is 10.3. The highest BCUT2D eigenvalue weighted by atomic mass is 16.3. The van der Waals surface area contributed by atoms with Gasteiger partial charge >= 0.3 is 0 Å². The van der Waals surface area contributed by atoms with Crippen LogP contribution in [0.1, 0.15) is 18.9 Å². The van der Waals surface area contributed by atoms with E-state index in [4.69, 9.17) is 5.11 Å². The highest BCUT2D eigenvalue weighted by Gasteiger charge is 1.99. The van der Waals surface area contributed by atoms with Crippen LogP contribution >= 0.6 is 0 Å². The van der Waals surface area contributed by atoms with E-state index < -0.39 is 0 Å². The molecule has 0 fully saturated rings. The molecule has 0 aliphatic heterocycles. The zero-order chi connectivity index (χ0) is 9.68. The lowest BCUT2D eigenvalue weighted by molar-refractivity contribution is 0.281. The molecule has 0 spiro atoms. The summed E-state index contributed by atoms with van der Waals surface area (Å²) in [4.78, 5) is 6.33. The molecule has 0 aliphatic rings. The highest BCUT2D eigenvalue weighted by molar-refractivity contribution is 5.37. The molecule has 1 rings (SSSR count). The number of aliphatic hydroxyl groups excluding tert-OH is 1. The first-order valence-electron chi connectivity index (χ1n) is 4.55. The van der Waals surface area contributed by atoms with Crippen LogP contribution in [0.5, 0.6) is 0 Å². The summed E-state index contributed by atoms with van der Waals surface area (Å²) < 4.78 is 0. The predicted octanol–water partition coefficient (Wildman–Crippen LogP) is 1.42. The summed E-state index contributed by atoms with van der Waals surface area (Å²) in [5, 5.41) is 8.82. The Morgan fingerprint density at radius 1 is 1.46 bits per heavy atom. The van der Waals surface area contributed by atoms with Crippen molar-refractivity contribution in [3.63, 3.8) is 0 Å². The molecule has 1 aromatic heterocycles. The number of anilines is 1. The molecule has 72 valence electrons. The van der Waals surface area contributed by atoms with E-state index in [-0.39, 0.29) is 6.61 Å². The van der Waals surface area contributed by atoms with Crippen molar-refractivity contribution in [2.45, 2.75) is 20.0 Å². The van der Waals surface area contributed by atoms with Crippen molar-refractivity contribution in [1.29, 1.82) is 0 Å². The average Bonchev–Trinajstić information content (AvgIpc) is 2.18. The molecule has 0 atom stereocenters. The molecule has 0 saturated heterocycles. The van der Waals surface area contributed by atoms with Gasteiger partial charge in [0, 0.05) is 19.8 Å². The molecule has 3 heteroatoms. The third kappa shape index (κ3) is 2.70. The van der Waals surface area contributed by atoms with Crippen molar-refractivity contribution in [3.8, 4) is 0 Å². The van der Waals surface area contributed by atoms with Gasteiger partial charge in [0.2, 0.25) is 0 Å². The summed E-state index contributed by atoms with van der Waals surface area (Å²) in [7, 11) is 2.02. The Morgan fingerprint density at radius 3 is 2.69 bits per heavy atom. The number of nitrogens with zero attached hydrogens (tertiary/aromatic N) is 2. The fraction of sp³-hybridized carbons (Fsp3) is 0.500. The number of aromatic nitrogens is 1. The monoisotopic (exact) mass is 180 g/mol. The van der Waals surface area contributed by atoms with Gasteiger partial charge in [0.25, 0.3) is 0 Å². The molecule has 0 saturated carbocycles. The summed E-state index contributed by atoms with van der Waals surface area (Å²) in [6, 6.07) is 3.83. The minimum atomic E-state index is 0.0603. The maximum Gasteiger partial charge on any atom is 0.128 e. The fourth-order valence-corrected chi connectivity index (χ4v) is 1.19. The zero-order valence-electron chi connectivity index (χ0n) is 8.20. The number of aliphatic hydroxyl groups is 1. The van der Waals surface area contributed by atoms with E-state index >= 15 is 0 Å². The molecule has 3 nitrogen and oxygen atoms in total. The topological polar surface area (TPSA) is 36.4 Å². The quantitative estimate of drug-likeness (QED) is 0.761. The fourth-order valence-electron chi connectivity index (χ4n) is 1.19. The predicted molar refractivity (Wildman–Crippen MR) is 53.7 cm³/mol. The van der Waals surface area contributed by atoms with Gasteiger partial charge in [0.1, 0.15) is 5.82 Å². The smallest absolute Gasteiger partial charge is 0.128 e. The Labute approximate surface area is 79.0 Å². The molecule has 1 N–H and O–H groups in total. The van der Waals surface area contributed by atoms with E-state index in [0.717, 1.165) is 24.3 Å². The van der Waals surface area contributed by atoms with Gasteiger partial charge in [0.05, 0.1) is 6.61 Å². The lowest BCUT2D eigenvalue weighted by Gasteiger charge is -2.16. The van der Waals surface area contributed by atoms with E-state index in [9.17, 15) is 0 Å². The molecule has 0 amide bonds. The van der Waals surface area contributed by atoms with Crippen molar-refractivity contribution in [2.75, 3.05) is 18.5 Å². The Balaban J connectivity index is 2.67. The molecule has 0 aromatic carbocycles. The second-order valence-corrected chi connectivity index (χ2v) is 3.10. The Morgan fingerprint density at radius 2 is 2.23 bits per heavy atom. The van der Waals surface area contributed by atoms with E-state index in [0.29, 0.717) is 0 Å². The normalized spacial score (nSPS) is 10.1. The summed E-state index contributed by atoms with van der Waals surface area (Å²) in [5.74, 6) is 0.957. The minimum Gasteiger partial charge on any atom is -0.392 e. The summed E-state index contributed by atoms with van der Waals surface area (Å²) in [6.45, 7) is 3.20. The van der Waals surface area contributed by atoms with Crippen LogP contribution in [0.4, 0.5) is 5.82 Å². The van der Waals surface area contributed by atoms with Crippen LogP contribution in [-0.2, 0) is 6.61 Å². The van der Waals surface area contributed by atoms with Gasteiger partial charge < -0.3 is 10.0 Å². The third-order valence-electron chi connectivity index (χ3n) is 1.94.